The van der Waals surface area contributed by atoms with Crippen LogP contribution in [0, 0.1) is 0 Å². The fraction of sp³-hybridized carbons (Fsp3) is 0.150. The number of rotatable bonds is 6. The fourth-order valence-electron chi connectivity index (χ4n) is 2.99. The van der Waals surface area contributed by atoms with Gasteiger partial charge in [-0.15, -0.1) is 0 Å². The molecule has 29 heavy (non-hydrogen) atoms. The molecule has 9 nitrogen and oxygen atoms in total. The summed E-state index contributed by atoms with van der Waals surface area (Å²) < 4.78 is 11.8. The fourth-order valence-corrected chi connectivity index (χ4v) is 2.99. The molecular weight excluding hydrogens is 376 g/mol. The van der Waals surface area contributed by atoms with Crippen LogP contribution in [0.15, 0.2) is 57.8 Å². The molecule has 0 radical (unpaired) electrons. The van der Waals surface area contributed by atoms with Gasteiger partial charge in [-0.05, 0) is 25.1 Å². The number of hydrogen-bond acceptors (Lipinski definition) is 7. The number of carbonyl (C=O) groups is 1. The summed E-state index contributed by atoms with van der Waals surface area (Å²) in [5, 5.41) is 17.9. The highest BCUT2D eigenvalue weighted by atomic mass is 16.5. The summed E-state index contributed by atoms with van der Waals surface area (Å²) in [5.41, 5.74) is -0.0175. The molecule has 9 heteroatoms. The number of para-hydroxylation sites is 1. The van der Waals surface area contributed by atoms with Gasteiger partial charge >= 0.3 is 5.97 Å². The lowest BCUT2D eigenvalue weighted by Crippen LogP contribution is -2.26. The van der Waals surface area contributed by atoms with Crippen LogP contribution in [0.5, 0.6) is 5.75 Å². The second-order valence-corrected chi connectivity index (χ2v) is 6.10. The van der Waals surface area contributed by atoms with E-state index in [4.69, 9.17) is 9.26 Å². The highest BCUT2D eigenvalue weighted by Crippen LogP contribution is 2.27. The lowest BCUT2D eigenvalue weighted by Gasteiger charge is -2.07. The Labute approximate surface area is 164 Å². The number of benzene rings is 2. The smallest absolute Gasteiger partial charge is 0.357 e. The largest absolute Gasteiger partial charge is 0.493 e. The summed E-state index contributed by atoms with van der Waals surface area (Å²) in [6.45, 7) is 2.19. The van der Waals surface area contributed by atoms with Crippen LogP contribution >= 0.6 is 0 Å². The van der Waals surface area contributed by atoms with Gasteiger partial charge in [-0.3, -0.25) is 4.79 Å². The maximum Gasteiger partial charge on any atom is 0.357 e. The van der Waals surface area contributed by atoms with Crippen LogP contribution in [0.25, 0.3) is 22.2 Å². The van der Waals surface area contributed by atoms with Gasteiger partial charge in [-0.25, -0.2) is 9.48 Å². The molecule has 146 valence electrons. The third kappa shape index (κ3) is 3.45. The molecule has 2 heterocycles. The quantitative estimate of drug-likeness (QED) is 0.532. The van der Waals surface area contributed by atoms with Crippen molar-refractivity contribution in [3.63, 3.8) is 0 Å². The summed E-state index contributed by atoms with van der Waals surface area (Å²) in [7, 11) is 0. The van der Waals surface area contributed by atoms with E-state index >= 15 is 0 Å². The van der Waals surface area contributed by atoms with Crippen LogP contribution in [-0.2, 0) is 6.54 Å². The minimum atomic E-state index is -1.23. The first-order valence-electron chi connectivity index (χ1n) is 8.86. The van der Waals surface area contributed by atoms with Crippen LogP contribution in [-0.4, -0.2) is 37.6 Å². The van der Waals surface area contributed by atoms with E-state index < -0.39 is 11.5 Å². The van der Waals surface area contributed by atoms with Crippen LogP contribution in [0.2, 0.25) is 0 Å². The molecule has 0 atom stereocenters. The Balaban J connectivity index is 1.73. The second-order valence-electron chi connectivity index (χ2n) is 6.10. The van der Waals surface area contributed by atoms with Gasteiger partial charge in [-0.2, -0.15) is 10.1 Å². The molecule has 0 unspecified atom stereocenters. The van der Waals surface area contributed by atoms with E-state index in [0.29, 0.717) is 23.7 Å². The Bertz CT molecular complexity index is 1260. The lowest BCUT2D eigenvalue weighted by molar-refractivity contribution is 0.0690. The van der Waals surface area contributed by atoms with Crippen molar-refractivity contribution in [2.45, 2.75) is 13.5 Å². The predicted molar refractivity (Wildman–Crippen MR) is 103 cm³/mol. The predicted octanol–water partition coefficient (Wildman–Crippen LogP) is 2.59. The molecule has 2 aromatic carbocycles. The first kappa shape index (κ1) is 18.4. The molecule has 4 rings (SSSR count). The van der Waals surface area contributed by atoms with Crippen molar-refractivity contribution < 1.29 is 19.2 Å². The highest BCUT2D eigenvalue weighted by molar-refractivity contribution is 6.01. The number of hydrogen-bond donors (Lipinski definition) is 1. The normalized spacial score (nSPS) is 10.9. The Hall–Kier alpha value is -4.01. The maximum atomic E-state index is 12.7. The van der Waals surface area contributed by atoms with E-state index in [0.717, 1.165) is 4.68 Å². The molecule has 0 saturated heterocycles. The Kier molecular flexibility index (Phi) is 4.78. The summed E-state index contributed by atoms with van der Waals surface area (Å²) >= 11 is 0. The van der Waals surface area contributed by atoms with Crippen LogP contribution in [0.4, 0.5) is 0 Å². The molecule has 2 aromatic heterocycles. The second kappa shape index (κ2) is 7.55. The van der Waals surface area contributed by atoms with Gasteiger partial charge in [0.2, 0.25) is 11.7 Å². The minimum absolute atomic E-state index is 0.118. The van der Waals surface area contributed by atoms with E-state index in [1.54, 1.807) is 36.4 Å². The van der Waals surface area contributed by atoms with Gasteiger partial charge in [0, 0.05) is 5.39 Å². The van der Waals surface area contributed by atoms with E-state index in [1.807, 2.05) is 19.1 Å². The molecule has 0 aliphatic heterocycles. The number of aromatic carboxylic acids is 1. The van der Waals surface area contributed by atoms with Crippen LogP contribution < -0.4 is 10.3 Å². The maximum absolute atomic E-state index is 12.7. The molecule has 0 aliphatic carbocycles. The Morgan fingerprint density at radius 2 is 1.86 bits per heavy atom. The summed E-state index contributed by atoms with van der Waals surface area (Å²) in [6.07, 6.45) is 0. The molecule has 0 bridgehead atoms. The van der Waals surface area contributed by atoms with Gasteiger partial charge in [-0.1, -0.05) is 35.5 Å². The summed E-state index contributed by atoms with van der Waals surface area (Å²) in [6, 6.07) is 13.7. The standard InChI is InChI=1S/C20H16N4O5/c1-2-28-15-10-6-5-9-14(15)18-21-16(29-23-18)11-24-19(25)13-8-4-3-7-12(13)17(22-24)20(26)27/h3-10H,2,11H2,1H3,(H,26,27). The van der Waals surface area contributed by atoms with Gasteiger partial charge in [0.05, 0.1) is 17.6 Å². The number of ether oxygens (including phenoxy) is 1. The molecule has 0 amide bonds. The van der Waals surface area contributed by atoms with Crippen molar-refractivity contribution in [2.24, 2.45) is 0 Å². The van der Waals surface area contributed by atoms with Crippen molar-refractivity contribution in [3.05, 3.63) is 70.5 Å². The molecule has 1 N–H and O–H groups in total. The van der Waals surface area contributed by atoms with Gasteiger partial charge < -0.3 is 14.4 Å². The number of fused-ring (bicyclic) bond motifs is 1. The topological polar surface area (TPSA) is 120 Å². The highest BCUT2D eigenvalue weighted by Gasteiger charge is 2.18. The molecule has 0 aliphatic rings. The zero-order valence-corrected chi connectivity index (χ0v) is 15.4. The third-order valence-corrected chi connectivity index (χ3v) is 4.25. The van der Waals surface area contributed by atoms with Crippen molar-refractivity contribution in [1.29, 1.82) is 0 Å². The van der Waals surface area contributed by atoms with E-state index in [9.17, 15) is 14.7 Å². The zero-order chi connectivity index (χ0) is 20.4. The number of nitrogens with zero attached hydrogens (tertiary/aromatic N) is 4. The minimum Gasteiger partial charge on any atom is -0.493 e. The molecule has 0 spiro atoms. The Morgan fingerprint density at radius 1 is 1.14 bits per heavy atom. The van der Waals surface area contributed by atoms with Crippen molar-refractivity contribution >= 4 is 16.7 Å². The van der Waals surface area contributed by atoms with Crippen LogP contribution in [0.3, 0.4) is 0 Å². The van der Waals surface area contributed by atoms with Crippen molar-refractivity contribution in [1.82, 2.24) is 19.9 Å². The molecule has 4 aromatic rings. The summed E-state index contributed by atoms with van der Waals surface area (Å²) in [5.74, 6) is -0.202. The first-order chi connectivity index (χ1) is 14.1. The van der Waals surface area contributed by atoms with Gasteiger partial charge in [0.1, 0.15) is 12.3 Å². The average Bonchev–Trinajstić information content (AvgIpc) is 3.19. The molecule has 0 fully saturated rings. The number of aromatic nitrogens is 4. The van der Waals surface area contributed by atoms with Gasteiger partial charge in [0.15, 0.2) is 5.69 Å². The lowest BCUT2D eigenvalue weighted by atomic mass is 10.1. The van der Waals surface area contributed by atoms with Crippen molar-refractivity contribution in [2.75, 3.05) is 6.61 Å². The van der Waals surface area contributed by atoms with Crippen LogP contribution in [0.1, 0.15) is 23.3 Å². The van der Waals surface area contributed by atoms with E-state index in [2.05, 4.69) is 15.2 Å². The number of carboxylic acid groups (broad SMARTS) is 1. The van der Waals surface area contributed by atoms with E-state index in [1.165, 1.54) is 0 Å². The van der Waals surface area contributed by atoms with Crippen molar-refractivity contribution in [3.8, 4) is 17.1 Å². The number of carboxylic acids is 1. The molecule has 0 saturated carbocycles. The first-order valence-corrected chi connectivity index (χ1v) is 8.86. The van der Waals surface area contributed by atoms with Gasteiger partial charge in [0.25, 0.3) is 5.56 Å². The SMILES string of the molecule is CCOc1ccccc1-c1noc(Cn2nc(C(=O)O)c3ccccc3c2=O)n1. The average molecular weight is 392 g/mol. The Morgan fingerprint density at radius 3 is 2.62 bits per heavy atom. The van der Waals surface area contributed by atoms with E-state index in [-0.39, 0.29) is 28.9 Å². The summed E-state index contributed by atoms with van der Waals surface area (Å²) in [4.78, 5) is 28.6. The molecular formula is C20H16N4O5. The third-order valence-electron chi connectivity index (χ3n) is 4.25. The zero-order valence-electron chi connectivity index (χ0n) is 15.4. The monoisotopic (exact) mass is 392 g/mol.